The summed E-state index contributed by atoms with van der Waals surface area (Å²) in [5.74, 6) is -0.711. The highest BCUT2D eigenvalue weighted by atomic mass is 32.2. The maximum atomic E-state index is 11.8. The molecule has 0 fully saturated rings. The Hall–Kier alpha value is -1.84. The zero-order valence-electron chi connectivity index (χ0n) is 10.5. The van der Waals surface area contributed by atoms with Crippen molar-refractivity contribution in [2.45, 2.75) is 25.7 Å². The van der Waals surface area contributed by atoms with Crippen LogP contribution in [0, 0.1) is 6.92 Å². The number of hydrogen-bond donors (Lipinski definition) is 1. The van der Waals surface area contributed by atoms with Crippen LogP contribution in [0.15, 0.2) is 46.5 Å². The third-order valence-electron chi connectivity index (χ3n) is 2.06. The molecular weight excluding hydrogens is 250 g/mol. The second-order valence-corrected chi connectivity index (χ2v) is 5.75. The second-order valence-electron chi connectivity index (χ2n) is 4.07. The summed E-state index contributed by atoms with van der Waals surface area (Å²) in [5.41, 5.74) is 4.38. The molecule has 1 aromatic carbocycles. The predicted octanol–water partition coefficient (Wildman–Crippen LogP) is 1.92. The van der Waals surface area contributed by atoms with Crippen LogP contribution in [-0.4, -0.2) is 14.3 Å². The predicted molar refractivity (Wildman–Crippen MR) is 69.5 cm³/mol. The highest BCUT2D eigenvalue weighted by Gasteiger charge is 2.15. The Morgan fingerprint density at radius 3 is 2.28 bits per heavy atom. The van der Waals surface area contributed by atoms with E-state index in [-0.39, 0.29) is 4.90 Å². The van der Waals surface area contributed by atoms with Crippen LogP contribution in [-0.2, 0) is 14.8 Å². The van der Waals surface area contributed by atoms with Gasteiger partial charge in [-0.2, -0.15) is 0 Å². The summed E-state index contributed by atoms with van der Waals surface area (Å²) in [6, 6.07) is 6.25. The number of carbonyl (C=O) groups excluding carboxylic acids is 1. The molecular formula is C13H15NO3S. The summed E-state index contributed by atoms with van der Waals surface area (Å²) >= 11 is 0. The highest BCUT2D eigenvalue weighted by Crippen LogP contribution is 2.09. The normalized spacial score (nSPS) is 10.4. The van der Waals surface area contributed by atoms with E-state index in [2.05, 4.69) is 5.73 Å². The number of rotatable bonds is 3. The van der Waals surface area contributed by atoms with Gasteiger partial charge in [-0.1, -0.05) is 17.7 Å². The summed E-state index contributed by atoms with van der Waals surface area (Å²) < 4.78 is 25.6. The van der Waals surface area contributed by atoms with Gasteiger partial charge in [0.1, 0.15) is 0 Å². The molecule has 5 heteroatoms. The Bertz CT molecular complexity index is 602. The van der Waals surface area contributed by atoms with E-state index < -0.39 is 15.9 Å². The molecule has 96 valence electrons. The first-order valence-electron chi connectivity index (χ1n) is 5.34. The quantitative estimate of drug-likeness (QED) is 0.671. The van der Waals surface area contributed by atoms with Crippen LogP contribution < -0.4 is 4.72 Å². The molecule has 0 saturated heterocycles. The summed E-state index contributed by atoms with van der Waals surface area (Å²) in [5, 5.41) is 0. The van der Waals surface area contributed by atoms with E-state index in [1.165, 1.54) is 12.1 Å². The third kappa shape index (κ3) is 4.20. The third-order valence-corrected chi connectivity index (χ3v) is 3.42. The van der Waals surface area contributed by atoms with Gasteiger partial charge in [-0.15, -0.1) is 5.73 Å². The molecule has 0 aliphatic heterocycles. The van der Waals surface area contributed by atoms with E-state index in [1.807, 2.05) is 11.6 Å². The number of carbonyl (C=O) groups is 1. The van der Waals surface area contributed by atoms with E-state index in [9.17, 15) is 13.2 Å². The van der Waals surface area contributed by atoms with Crippen LogP contribution in [0.25, 0.3) is 0 Å². The summed E-state index contributed by atoms with van der Waals surface area (Å²) in [7, 11) is -3.80. The number of nitrogens with one attached hydrogen (secondary N) is 1. The zero-order chi connectivity index (χ0) is 13.8. The van der Waals surface area contributed by atoms with Crippen molar-refractivity contribution in [2.75, 3.05) is 0 Å². The lowest BCUT2D eigenvalue weighted by atomic mass is 10.2. The minimum atomic E-state index is -3.80. The summed E-state index contributed by atoms with van der Waals surface area (Å²) in [4.78, 5) is 11.4. The largest absolute Gasteiger partial charge is 0.268 e. The lowest BCUT2D eigenvalue weighted by molar-refractivity contribution is -0.114. The first kappa shape index (κ1) is 14.2. The molecule has 0 bridgehead atoms. The fourth-order valence-electron chi connectivity index (χ4n) is 1.15. The van der Waals surface area contributed by atoms with E-state index in [1.54, 1.807) is 26.0 Å². The molecule has 0 spiro atoms. The van der Waals surface area contributed by atoms with Crippen molar-refractivity contribution in [1.29, 1.82) is 0 Å². The maximum Gasteiger partial charge on any atom is 0.265 e. The van der Waals surface area contributed by atoms with Gasteiger partial charge in [0.25, 0.3) is 15.9 Å². The molecule has 0 aliphatic carbocycles. The van der Waals surface area contributed by atoms with Crippen LogP contribution in [0.4, 0.5) is 0 Å². The second kappa shape index (κ2) is 5.67. The summed E-state index contributed by atoms with van der Waals surface area (Å²) in [6.45, 7) is 5.38. The topological polar surface area (TPSA) is 63.2 Å². The maximum absolute atomic E-state index is 11.8. The average molecular weight is 265 g/mol. The number of aryl methyl sites for hydroxylation is 1. The van der Waals surface area contributed by atoms with Crippen molar-refractivity contribution in [1.82, 2.24) is 4.72 Å². The lowest BCUT2D eigenvalue weighted by Crippen LogP contribution is -2.28. The highest BCUT2D eigenvalue weighted by molar-refractivity contribution is 7.90. The average Bonchev–Trinajstić information content (AvgIpc) is 2.26. The Labute approximate surface area is 107 Å². The van der Waals surface area contributed by atoms with Crippen molar-refractivity contribution in [3.63, 3.8) is 0 Å². The first-order chi connectivity index (χ1) is 8.31. The smallest absolute Gasteiger partial charge is 0.265 e. The molecule has 18 heavy (non-hydrogen) atoms. The van der Waals surface area contributed by atoms with Crippen LogP contribution >= 0.6 is 0 Å². The first-order valence-corrected chi connectivity index (χ1v) is 6.83. The van der Waals surface area contributed by atoms with Gasteiger partial charge >= 0.3 is 0 Å². The van der Waals surface area contributed by atoms with E-state index in [4.69, 9.17) is 0 Å². The zero-order valence-corrected chi connectivity index (χ0v) is 11.3. The summed E-state index contributed by atoms with van der Waals surface area (Å²) in [6.07, 6.45) is 1.07. The molecule has 0 aromatic heterocycles. The van der Waals surface area contributed by atoms with Crippen molar-refractivity contribution in [2.24, 2.45) is 0 Å². The molecule has 4 nitrogen and oxygen atoms in total. The molecule has 0 aliphatic rings. The molecule has 1 rings (SSSR count). The van der Waals surface area contributed by atoms with Crippen LogP contribution in [0.3, 0.4) is 0 Å². The van der Waals surface area contributed by atoms with Crippen LogP contribution in [0.5, 0.6) is 0 Å². The number of hydrogen-bond acceptors (Lipinski definition) is 3. The minimum absolute atomic E-state index is 0.0621. The number of sulfonamides is 1. The Morgan fingerprint density at radius 2 is 1.78 bits per heavy atom. The molecule has 1 N–H and O–H groups in total. The van der Waals surface area contributed by atoms with Crippen molar-refractivity contribution < 1.29 is 13.2 Å². The Balaban J connectivity index is 2.93. The fraction of sp³-hybridized carbons (Fsp3) is 0.231. The molecule has 0 unspecified atom stereocenters. The van der Waals surface area contributed by atoms with Gasteiger partial charge in [-0.05, 0) is 38.5 Å². The molecule has 0 radical (unpaired) electrons. The van der Waals surface area contributed by atoms with E-state index in [0.717, 1.165) is 17.2 Å². The monoisotopic (exact) mass is 265 g/mol. The molecule has 0 atom stereocenters. The van der Waals surface area contributed by atoms with Gasteiger partial charge < -0.3 is 0 Å². The number of benzene rings is 1. The lowest BCUT2D eigenvalue weighted by Gasteiger charge is -2.04. The fourth-order valence-corrected chi connectivity index (χ4v) is 2.08. The minimum Gasteiger partial charge on any atom is -0.268 e. The molecule has 0 saturated carbocycles. The van der Waals surface area contributed by atoms with Crippen molar-refractivity contribution in [3.05, 3.63) is 47.2 Å². The van der Waals surface area contributed by atoms with Gasteiger partial charge in [-0.3, -0.25) is 4.79 Å². The van der Waals surface area contributed by atoms with Gasteiger partial charge in [0.15, 0.2) is 0 Å². The van der Waals surface area contributed by atoms with Gasteiger partial charge in [0.2, 0.25) is 0 Å². The van der Waals surface area contributed by atoms with Crippen molar-refractivity contribution in [3.8, 4) is 0 Å². The van der Waals surface area contributed by atoms with Crippen LogP contribution in [0.1, 0.15) is 19.4 Å². The van der Waals surface area contributed by atoms with E-state index in [0.29, 0.717) is 0 Å². The molecule has 1 aromatic rings. The standard InChI is InChI=1S/C13H15NO3S/c1-10(2)4-9-13(15)14-18(16,17)12-7-5-11(3)6-8-12/h5-9H,1-3H3,(H,14,15). The Morgan fingerprint density at radius 1 is 1.22 bits per heavy atom. The molecule has 1 amide bonds. The van der Waals surface area contributed by atoms with Crippen molar-refractivity contribution >= 4 is 15.9 Å². The van der Waals surface area contributed by atoms with E-state index >= 15 is 0 Å². The van der Waals surface area contributed by atoms with Gasteiger partial charge in [-0.25, -0.2) is 13.1 Å². The SMILES string of the molecule is CC(C)=C=CC(=O)NS(=O)(=O)c1ccc(C)cc1. The van der Waals surface area contributed by atoms with Crippen LogP contribution in [0.2, 0.25) is 0 Å². The number of amides is 1. The molecule has 0 heterocycles. The van der Waals surface area contributed by atoms with Gasteiger partial charge in [0, 0.05) is 6.08 Å². The Kier molecular flexibility index (Phi) is 4.48. The van der Waals surface area contributed by atoms with Gasteiger partial charge in [0.05, 0.1) is 4.90 Å².